The van der Waals surface area contributed by atoms with E-state index in [1.807, 2.05) is 30.3 Å². The van der Waals surface area contributed by atoms with Gasteiger partial charge < -0.3 is 9.64 Å². The zero-order chi connectivity index (χ0) is 13.8. The zero-order valence-electron chi connectivity index (χ0n) is 10.7. The molecule has 0 unspecified atom stereocenters. The highest BCUT2D eigenvalue weighted by Crippen LogP contribution is 2.18. The number of benzene rings is 1. The SMILES string of the molecule is CCOC(=O)[C@H]1CN(Cc2ccccc2)C(=O)C1=O. The van der Waals surface area contributed by atoms with Crippen molar-refractivity contribution in [1.29, 1.82) is 0 Å². The van der Waals surface area contributed by atoms with E-state index in [4.69, 9.17) is 4.74 Å². The molecule has 1 aliphatic heterocycles. The fraction of sp³-hybridized carbons (Fsp3) is 0.357. The molecule has 1 heterocycles. The summed E-state index contributed by atoms with van der Waals surface area (Å²) < 4.78 is 4.80. The second kappa shape index (κ2) is 5.65. The van der Waals surface area contributed by atoms with Gasteiger partial charge in [-0.2, -0.15) is 0 Å². The Morgan fingerprint density at radius 3 is 2.63 bits per heavy atom. The van der Waals surface area contributed by atoms with Crippen LogP contribution < -0.4 is 0 Å². The van der Waals surface area contributed by atoms with E-state index in [0.717, 1.165) is 5.56 Å². The predicted octanol–water partition coefficient (Wildman–Crippen LogP) is 0.777. The molecule has 1 fully saturated rings. The van der Waals surface area contributed by atoms with Gasteiger partial charge in [0.25, 0.3) is 5.91 Å². The Morgan fingerprint density at radius 2 is 2.00 bits per heavy atom. The van der Waals surface area contributed by atoms with Crippen molar-refractivity contribution >= 4 is 17.7 Å². The summed E-state index contributed by atoms with van der Waals surface area (Å²) in [6, 6.07) is 9.34. The maximum atomic E-state index is 11.8. The first-order valence-electron chi connectivity index (χ1n) is 6.17. The third-order valence-corrected chi connectivity index (χ3v) is 3.00. The molecular formula is C14H15NO4. The lowest BCUT2D eigenvalue weighted by Gasteiger charge is -2.15. The van der Waals surface area contributed by atoms with Crippen LogP contribution in [0, 0.1) is 5.92 Å². The average molecular weight is 261 g/mol. The second-order valence-corrected chi connectivity index (χ2v) is 4.34. The van der Waals surface area contributed by atoms with Gasteiger partial charge in [0.05, 0.1) is 6.61 Å². The summed E-state index contributed by atoms with van der Waals surface area (Å²) in [5.41, 5.74) is 0.924. The lowest BCUT2D eigenvalue weighted by molar-refractivity contribution is -0.151. The summed E-state index contributed by atoms with van der Waals surface area (Å²) in [6.07, 6.45) is 0. The van der Waals surface area contributed by atoms with Gasteiger partial charge in [0.2, 0.25) is 5.78 Å². The number of likely N-dealkylation sites (tertiary alicyclic amines) is 1. The molecule has 0 N–H and O–H groups in total. The van der Waals surface area contributed by atoms with Crippen molar-refractivity contribution in [1.82, 2.24) is 4.90 Å². The van der Waals surface area contributed by atoms with Crippen LogP contribution in [0.1, 0.15) is 12.5 Å². The molecular weight excluding hydrogens is 246 g/mol. The maximum Gasteiger partial charge on any atom is 0.318 e. The zero-order valence-corrected chi connectivity index (χ0v) is 10.7. The highest BCUT2D eigenvalue weighted by molar-refractivity contribution is 6.42. The molecule has 5 nitrogen and oxygen atoms in total. The van der Waals surface area contributed by atoms with Crippen LogP contribution in [-0.4, -0.2) is 35.7 Å². The molecule has 2 rings (SSSR count). The molecule has 1 saturated heterocycles. The Hall–Kier alpha value is -2.17. The van der Waals surface area contributed by atoms with Crippen LogP contribution in [0.15, 0.2) is 30.3 Å². The van der Waals surface area contributed by atoms with E-state index in [1.54, 1.807) is 6.92 Å². The van der Waals surface area contributed by atoms with Gasteiger partial charge in [-0.05, 0) is 12.5 Å². The van der Waals surface area contributed by atoms with E-state index >= 15 is 0 Å². The number of rotatable bonds is 4. The average Bonchev–Trinajstić information content (AvgIpc) is 2.69. The predicted molar refractivity (Wildman–Crippen MR) is 67.0 cm³/mol. The Bertz CT molecular complexity index is 497. The smallest absolute Gasteiger partial charge is 0.318 e. The largest absolute Gasteiger partial charge is 0.465 e. The fourth-order valence-electron chi connectivity index (χ4n) is 2.06. The van der Waals surface area contributed by atoms with Gasteiger partial charge in [0.15, 0.2) is 0 Å². The number of Topliss-reactive ketones (excluding diaryl/α,β-unsaturated/α-hetero) is 1. The Balaban J connectivity index is 2.06. The summed E-state index contributed by atoms with van der Waals surface area (Å²) in [6.45, 7) is 2.31. The van der Waals surface area contributed by atoms with E-state index in [1.165, 1.54) is 4.90 Å². The summed E-state index contributed by atoms with van der Waals surface area (Å²) in [5, 5.41) is 0. The number of esters is 1. The van der Waals surface area contributed by atoms with Gasteiger partial charge in [0.1, 0.15) is 5.92 Å². The van der Waals surface area contributed by atoms with Gasteiger partial charge in [-0.1, -0.05) is 30.3 Å². The molecule has 100 valence electrons. The number of ether oxygens (including phenoxy) is 1. The van der Waals surface area contributed by atoms with Crippen LogP contribution in [-0.2, 0) is 25.7 Å². The Kier molecular flexibility index (Phi) is 3.94. The van der Waals surface area contributed by atoms with Crippen molar-refractivity contribution in [3.05, 3.63) is 35.9 Å². The number of hydrogen-bond donors (Lipinski definition) is 0. The topological polar surface area (TPSA) is 63.7 Å². The third-order valence-electron chi connectivity index (χ3n) is 3.00. The van der Waals surface area contributed by atoms with Crippen molar-refractivity contribution in [2.24, 2.45) is 5.92 Å². The monoisotopic (exact) mass is 261 g/mol. The van der Waals surface area contributed by atoms with Crippen LogP contribution in [0.25, 0.3) is 0 Å². The number of nitrogens with zero attached hydrogens (tertiary/aromatic N) is 1. The van der Waals surface area contributed by atoms with E-state index < -0.39 is 23.6 Å². The first-order chi connectivity index (χ1) is 9.13. The van der Waals surface area contributed by atoms with Crippen LogP contribution in [0.4, 0.5) is 0 Å². The lowest BCUT2D eigenvalue weighted by Crippen LogP contribution is -2.26. The van der Waals surface area contributed by atoms with Gasteiger partial charge in [-0.3, -0.25) is 14.4 Å². The van der Waals surface area contributed by atoms with Gasteiger partial charge in [0, 0.05) is 13.1 Å². The molecule has 1 amide bonds. The van der Waals surface area contributed by atoms with Crippen LogP contribution in [0.5, 0.6) is 0 Å². The van der Waals surface area contributed by atoms with Crippen LogP contribution in [0.3, 0.4) is 0 Å². The molecule has 1 aliphatic rings. The minimum atomic E-state index is -0.976. The first kappa shape index (κ1) is 13.3. The van der Waals surface area contributed by atoms with Crippen molar-refractivity contribution in [3.8, 4) is 0 Å². The second-order valence-electron chi connectivity index (χ2n) is 4.34. The highest BCUT2D eigenvalue weighted by atomic mass is 16.5. The summed E-state index contributed by atoms with van der Waals surface area (Å²) in [4.78, 5) is 36.5. The highest BCUT2D eigenvalue weighted by Gasteiger charge is 2.43. The molecule has 0 aliphatic carbocycles. The van der Waals surface area contributed by atoms with E-state index in [2.05, 4.69) is 0 Å². The summed E-state index contributed by atoms with van der Waals surface area (Å²) >= 11 is 0. The van der Waals surface area contributed by atoms with Crippen molar-refractivity contribution in [2.45, 2.75) is 13.5 Å². The molecule has 0 saturated carbocycles. The van der Waals surface area contributed by atoms with Crippen molar-refractivity contribution < 1.29 is 19.1 Å². The van der Waals surface area contributed by atoms with Gasteiger partial charge in [-0.15, -0.1) is 0 Å². The van der Waals surface area contributed by atoms with Crippen LogP contribution in [0.2, 0.25) is 0 Å². The first-order valence-corrected chi connectivity index (χ1v) is 6.17. The summed E-state index contributed by atoms with van der Waals surface area (Å²) in [7, 11) is 0. The normalized spacial score (nSPS) is 18.8. The lowest BCUT2D eigenvalue weighted by atomic mass is 10.1. The van der Waals surface area contributed by atoms with E-state index in [0.29, 0.717) is 6.54 Å². The number of ketones is 1. The molecule has 1 aromatic rings. The van der Waals surface area contributed by atoms with Crippen molar-refractivity contribution in [3.63, 3.8) is 0 Å². The number of hydrogen-bond acceptors (Lipinski definition) is 4. The Morgan fingerprint density at radius 1 is 1.32 bits per heavy atom. The molecule has 0 radical (unpaired) electrons. The number of carbonyl (C=O) groups is 3. The van der Waals surface area contributed by atoms with E-state index in [-0.39, 0.29) is 13.2 Å². The van der Waals surface area contributed by atoms with E-state index in [9.17, 15) is 14.4 Å². The van der Waals surface area contributed by atoms with Gasteiger partial charge in [-0.25, -0.2) is 0 Å². The maximum absolute atomic E-state index is 11.8. The molecule has 1 atom stereocenters. The standard InChI is InChI=1S/C14H15NO4/c1-2-19-14(18)11-9-15(13(17)12(11)16)8-10-6-4-3-5-7-10/h3-7,11H,2,8-9H2,1H3/t11-/m0/s1. The minimum Gasteiger partial charge on any atom is -0.465 e. The fourth-order valence-corrected chi connectivity index (χ4v) is 2.06. The van der Waals surface area contributed by atoms with Crippen molar-refractivity contribution in [2.75, 3.05) is 13.2 Å². The minimum absolute atomic E-state index is 0.103. The Labute approximate surface area is 111 Å². The summed E-state index contributed by atoms with van der Waals surface area (Å²) in [5.74, 6) is -2.87. The molecule has 5 heteroatoms. The number of carbonyl (C=O) groups excluding carboxylic acids is 3. The molecule has 1 aromatic carbocycles. The quantitative estimate of drug-likeness (QED) is 0.456. The number of amides is 1. The molecule has 0 spiro atoms. The van der Waals surface area contributed by atoms with Gasteiger partial charge >= 0.3 is 5.97 Å². The molecule has 0 bridgehead atoms. The van der Waals surface area contributed by atoms with Crippen LogP contribution >= 0.6 is 0 Å². The third kappa shape index (κ3) is 2.81. The molecule has 0 aromatic heterocycles. The molecule has 19 heavy (non-hydrogen) atoms.